The number of nitrogens with one attached hydrogen (secondary N) is 2. The van der Waals surface area contributed by atoms with Crippen LogP contribution in [0.15, 0.2) is 12.1 Å². The Balaban J connectivity index is 2.22. The zero-order valence-corrected chi connectivity index (χ0v) is 20.7. The second-order valence-corrected chi connectivity index (χ2v) is 9.84. The molecule has 12 heteroatoms. The van der Waals surface area contributed by atoms with Gasteiger partial charge in [-0.15, -0.1) is 0 Å². The van der Waals surface area contributed by atoms with Crippen LogP contribution in [0.1, 0.15) is 31.8 Å². The molecule has 10 nitrogen and oxygen atoms in total. The molecule has 0 fully saturated rings. The van der Waals surface area contributed by atoms with E-state index in [9.17, 15) is 30.2 Å². The molecule has 1 aliphatic carbocycles. The maximum absolute atomic E-state index is 13.5. The monoisotopic (exact) mass is 512 g/mol. The van der Waals surface area contributed by atoms with Crippen molar-refractivity contribution < 1.29 is 29.1 Å². The number of quaternary nitrogens is 2. The van der Waals surface area contributed by atoms with E-state index in [2.05, 4.69) is 10.6 Å². The smallest absolute Gasteiger partial charge is 0.200 e. The van der Waals surface area contributed by atoms with Gasteiger partial charge in [0.2, 0.25) is 11.6 Å². The molecular weight excluding hydrogens is 487 g/mol. The number of aromatic hydroxyl groups is 2. The zero-order chi connectivity index (χ0) is 25.6. The van der Waals surface area contributed by atoms with Crippen LogP contribution in [0.5, 0.6) is 11.5 Å². The van der Waals surface area contributed by atoms with Gasteiger partial charge in [0.05, 0.1) is 98.0 Å². The molecule has 0 heterocycles. The second-order valence-electron chi connectivity index (χ2n) is 9.09. The number of hydrogen-bond acceptors (Lipinski definition) is 8. The first kappa shape index (κ1) is 26.0. The quantitative estimate of drug-likeness (QED) is 0.204. The number of anilines is 2. The van der Waals surface area contributed by atoms with Gasteiger partial charge in [0.1, 0.15) is 11.5 Å². The number of rotatable bonds is 8. The van der Waals surface area contributed by atoms with E-state index in [1.807, 2.05) is 0 Å². The minimum absolute atomic E-state index is 0.0346. The molecule has 2 aromatic carbocycles. The number of likely N-dealkylation sites (N-methyl/N-ethyl adjacent to an activating group) is 2. The number of nitrogens with zero attached hydrogens (tertiary/aromatic N) is 2. The van der Waals surface area contributed by atoms with Gasteiger partial charge in [0.15, 0.2) is 0 Å². The molecule has 0 saturated carbocycles. The van der Waals surface area contributed by atoms with Gasteiger partial charge in [0.25, 0.3) is 0 Å². The van der Waals surface area contributed by atoms with Crippen molar-refractivity contribution in [2.75, 3.05) is 65.0 Å². The Morgan fingerprint density at radius 1 is 0.735 bits per heavy atom. The van der Waals surface area contributed by atoms with E-state index in [0.29, 0.717) is 0 Å². The molecule has 0 saturated heterocycles. The van der Waals surface area contributed by atoms with E-state index < -0.39 is 32.4 Å². The second kappa shape index (κ2) is 9.21. The molecule has 0 bridgehead atoms. The average molecular weight is 513 g/mol. The molecule has 1 aliphatic rings. The van der Waals surface area contributed by atoms with Gasteiger partial charge in [-0.1, -0.05) is 23.2 Å². The van der Waals surface area contributed by atoms with Gasteiger partial charge in [0, 0.05) is 0 Å². The summed E-state index contributed by atoms with van der Waals surface area (Å²) in [6, 6.07) is 2.22. The van der Waals surface area contributed by atoms with Crippen LogP contribution in [0, 0.1) is 10.4 Å². The number of hydroxylamine groups is 6. The third-order valence-electron chi connectivity index (χ3n) is 5.36. The lowest BCUT2D eigenvalue weighted by molar-refractivity contribution is -0.838. The summed E-state index contributed by atoms with van der Waals surface area (Å²) in [5.74, 6) is -2.46. The van der Waals surface area contributed by atoms with Crippen molar-refractivity contribution in [1.29, 1.82) is 0 Å². The van der Waals surface area contributed by atoms with E-state index in [1.165, 1.54) is 28.2 Å². The maximum atomic E-state index is 13.5. The van der Waals surface area contributed by atoms with E-state index >= 15 is 0 Å². The fourth-order valence-corrected chi connectivity index (χ4v) is 4.18. The van der Waals surface area contributed by atoms with E-state index in [1.54, 1.807) is 0 Å². The Morgan fingerprint density at radius 2 is 1.06 bits per heavy atom. The molecule has 0 radical (unpaired) electrons. The SMILES string of the molecule is C[N+](C)([O-])CCNc1c(Cl)c(Cl)c(NCC[N+](C)(C)[O-])c2c1C(=O)c1c(O)ccc(O)c1C2=O. The Kier molecular flexibility index (Phi) is 7.05. The first-order valence-electron chi connectivity index (χ1n) is 10.4. The summed E-state index contributed by atoms with van der Waals surface area (Å²) in [6.07, 6.45) is 0. The van der Waals surface area contributed by atoms with Gasteiger partial charge in [-0.05, 0) is 12.1 Å². The highest BCUT2D eigenvalue weighted by Gasteiger charge is 2.40. The largest absolute Gasteiger partial charge is 0.633 e. The van der Waals surface area contributed by atoms with Gasteiger partial charge in [-0.25, -0.2) is 0 Å². The van der Waals surface area contributed by atoms with Crippen LogP contribution in [0.2, 0.25) is 10.0 Å². The molecule has 0 amide bonds. The molecule has 0 spiro atoms. The number of ketones is 2. The topological polar surface area (TPSA) is 145 Å². The Bertz CT molecular complexity index is 1080. The molecule has 0 atom stereocenters. The molecule has 0 aliphatic heterocycles. The fourth-order valence-electron chi connectivity index (χ4n) is 3.67. The minimum Gasteiger partial charge on any atom is -0.633 e. The van der Waals surface area contributed by atoms with Crippen molar-refractivity contribution in [3.8, 4) is 11.5 Å². The summed E-state index contributed by atoms with van der Waals surface area (Å²) in [4.78, 5) is 27.1. The van der Waals surface area contributed by atoms with E-state index in [0.717, 1.165) is 12.1 Å². The number of halogens is 2. The third kappa shape index (κ3) is 5.07. The predicted octanol–water partition coefficient (Wildman–Crippen LogP) is 3.15. The van der Waals surface area contributed by atoms with E-state index in [4.69, 9.17) is 23.2 Å². The van der Waals surface area contributed by atoms with Crippen molar-refractivity contribution >= 4 is 46.1 Å². The predicted molar refractivity (Wildman–Crippen MR) is 131 cm³/mol. The number of carbonyl (C=O) groups excluding carboxylic acids is 2. The van der Waals surface area contributed by atoms with Crippen LogP contribution < -0.4 is 10.6 Å². The summed E-state index contributed by atoms with van der Waals surface area (Å²) in [5.41, 5.74) is -0.950. The highest BCUT2D eigenvalue weighted by Crippen LogP contribution is 2.48. The van der Waals surface area contributed by atoms with Gasteiger partial charge in [-0.2, -0.15) is 0 Å². The van der Waals surface area contributed by atoms with Crippen LogP contribution in [0.25, 0.3) is 0 Å². The molecule has 0 aromatic heterocycles. The van der Waals surface area contributed by atoms with Gasteiger partial charge < -0.3 is 40.6 Å². The molecule has 0 unspecified atom stereocenters. The van der Waals surface area contributed by atoms with Crippen molar-refractivity contribution in [3.05, 3.63) is 54.8 Å². The van der Waals surface area contributed by atoms with Crippen LogP contribution in [-0.2, 0) is 0 Å². The first-order chi connectivity index (χ1) is 15.6. The van der Waals surface area contributed by atoms with Gasteiger partial charge >= 0.3 is 0 Å². The Morgan fingerprint density at radius 3 is 1.35 bits per heavy atom. The summed E-state index contributed by atoms with van der Waals surface area (Å²) in [7, 11) is 5.78. The highest BCUT2D eigenvalue weighted by atomic mass is 35.5. The van der Waals surface area contributed by atoms with Crippen molar-refractivity contribution in [2.24, 2.45) is 0 Å². The normalized spacial score (nSPS) is 13.5. The molecule has 3 rings (SSSR count). The maximum Gasteiger partial charge on any atom is 0.200 e. The summed E-state index contributed by atoms with van der Waals surface area (Å²) >= 11 is 13.0. The standard InChI is InChI=1S/C22H26Cl2N4O6/c1-27(2,33)9-7-25-19-15-16(20(18(24)17(19)23)26-8-10-28(3,4)34)22(32)14-12(30)6-5-11(29)13(14)21(15)31/h5-6,25-26,29-30H,7-10H2,1-4H3. The molecule has 4 N–H and O–H groups in total. The first-order valence-corrected chi connectivity index (χ1v) is 11.1. The highest BCUT2D eigenvalue weighted by molar-refractivity contribution is 6.48. The lowest BCUT2D eigenvalue weighted by atomic mass is 9.81. The Hall–Kier alpha value is -2.60. The number of benzene rings is 2. The summed E-state index contributed by atoms with van der Waals surface area (Å²) in [5, 5.41) is 50.3. The van der Waals surface area contributed by atoms with Crippen LogP contribution in [-0.4, -0.2) is 85.4 Å². The van der Waals surface area contributed by atoms with Crippen molar-refractivity contribution in [2.45, 2.75) is 0 Å². The molecule has 2 aromatic rings. The summed E-state index contributed by atoms with van der Waals surface area (Å²) in [6.45, 7) is 0.440. The minimum atomic E-state index is -0.752. The molecule has 34 heavy (non-hydrogen) atoms. The van der Waals surface area contributed by atoms with Crippen molar-refractivity contribution in [1.82, 2.24) is 0 Å². The van der Waals surface area contributed by atoms with Crippen LogP contribution in [0.3, 0.4) is 0 Å². The zero-order valence-electron chi connectivity index (χ0n) is 19.2. The lowest BCUT2D eigenvalue weighted by Gasteiger charge is -2.34. The molecular formula is C22H26Cl2N4O6. The van der Waals surface area contributed by atoms with Crippen LogP contribution in [0.4, 0.5) is 11.4 Å². The number of fused-ring (bicyclic) bond motifs is 2. The Labute approximate surface area is 206 Å². The lowest BCUT2D eigenvalue weighted by Crippen LogP contribution is -2.37. The number of hydrogen-bond donors (Lipinski definition) is 4. The average Bonchev–Trinajstić information content (AvgIpc) is 2.70. The van der Waals surface area contributed by atoms with E-state index in [-0.39, 0.29) is 69.9 Å². The fraction of sp³-hybridized carbons (Fsp3) is 0.364. The summed E-state index contributed by atoms with van der Waals surface area (Å²) < 4.78 is -1.23. The number of carbonyl (C=O) groups is 2. The van der Waals surface area contributed by atoms with Crippen LogP contribution >= 0.6 is 23.2 Å². The number of phenols is 2. The third-order valence-corrected chi connectivity index (χ3v) is 6.21. The van der Waals surface area contributed by atoms with Gasteiger partial charge in [-0.3, -0.25) is 9.59 Å². The number of phenolic OH excluding ortho intramolecular Hbond substituents is 2. The molecule has 184 valence electrons. The van der Waals surface area contributed by atoms with Crippen molar-refractivity contribution in [3.63, 3.8) is 0 Å².